The van der Waals surface area contributed by atoms with Crippen molar-refractivity contribution >= 4 is 144 Å². The van der Waals surface area contributed by atoms with E-state index in [2.05, 4.69) is 75.0 Å². The predicted molar refractivity (Wildman–Crippen MR) is 473 cm³/mol. The molecule has 0 spiro atoms. The Labute approximate surface area is 675 Å². The molecule has 0 aromatic carbocycles. The maximum absolute atomic E-state index is 5.25. The first-order chi connectivity index (χ1) is 46.9. The van der Waals surface area contributed by atoms with E-state index in [0.29, 0.717) is 17.3 Å². The van der Waals surface area contributed by atoms with E-state index in [1.807, 2.05) is 0 Å². The second kappa shape index (κ2) is 95.4. The third-order valence-electron chi connectivity index (χ3n) is 19.3. The van der Waals surface area contributed by atoms with E-state index in [-0.39, 0.29) is 27.3 Å². The Morgan fingerprint density at radius 2 is 0.227 bits per heavy atom. The van der Waals surface area contributed by atoms with Crippen LogP contribution in [0, 0.1) is 0 Å². The fourth-order valence-corrected chi connectivity index (χ4v) is 14.1. The third-order valence-corrected chi connectivity index (χ3v) is 21.4. The molecule has 0 unspecified atom stereocenters. The van der Waals surface area contributed by atoms with Crippen molar-refractivity contribution in [3.8, 4) is 0 Å². The molecule has 0 aliphatic carbocycles. The second-order valence-electron chi connectivity index (χ2n) is 28.8. The SMILES string of the molecule is CCCCCCCCCCN(CCCCCCCCCC)C(=S)[S-].CCCCCCCCCCN(CCCCCCCCCC)C(=S)[S-].CCCCCCCCCCN(CCCCCCCCCC)C(=S)[S-].CCCCCCCCCCN(CCCCCCCCCC)C(=S)[S-].[Pb]. The molecule has 0 atom stereocenters. The Hall–Kier alpha value is 1.36. The first kappa shape index (κ1) is 107. The first-order valence-corrected chi connectivity index (χ1v) is 46.0. The summed E-state index contributed by atoms with van der Waals surface area (Å²) >= 11 is 42.0. The topological polar surface area (TPSA) is 13.0 Å². The quantitative estimate of drug-likeness (QED) is 0.0249. The van der Waals surface area contributed by atoms with Crippen molar-refractivity contribution < 1.29 is 0 Å². The van der Waals surface area contributed by atoms with Gasteiger partial charge in [-0.25, -0.2) is 0 Å². The van der Waals surface area contributed by atoms with Gasteiger partial charge in [0, 0.05) is 79.7 Å². The average molecular weight is 1700 g/mol. The third kappa shape index (κ3) is 93.4. The van der Waals surface area contributed by atoms with Gasteiger partial charge in [0.1, 0.15) is 0 Å². The minimum atomic E-state index is 0. The zero-order valence-electron chi connectivity index (χ0n) is 66.5. The van der Waals surface area contributed by atoms with E-state index >= 15 is 0 Å². The molecule has 0 bridgehead atoms. The van der Waals surface area contributed by atoms with Gasteiger partial charge in [-0.05, 0) is 51.4 Å². The van der Waals surface area contributed by atoms with Crippen LogP contribution in [0.5, 0.6) is 0 Å². The standard InChI is InChI=1S/4C21H43NS2.Pb/c4*1-3-5-7-9-11-13-15-17-19-22(21(23)24)20-18-16-14-12-10-8-6-4-2;/h4*3-20H2,1-2H3,(H,23,24);/p-4. The molecule has 0 heterocycles. The van der Waals surface area contributed by atoms with Gasteiger partial charge in [0.05, 0.1) is 0 Å². The molecule has 0 rings (SSSR count). The number of nitrogens with zero attached hydrogens (tertiary/aromatic N) is 4. The summed E-state index contributed by atoms with van der Waals surface area (Å²) in [4.78, 5) is 9.05. The Bertz CT molecular complexity index is 1220. The van der Waals surface area contributed by atoms with E-state index in [4.69, 9.17) is 99.4 Å². The van der Waals surface area contributed by atoms with Gasteiger partial charge < -0.3 is 119 Å². The number of hydrogen-bond donors (Lipinski definition) is 0. The van der Waals surface area contributed by atoms with Crippen LogP contribution in [0.4, 0.5) is 0 Å². The van der Waals surface area contributed by atoms with Crippen molar-refractivity contribution in [2.24, 2.45) is 0 Å². The summed E-state index contributed by atoms with van der Waals surface area (Å²) in [6.45, 7) is 26.8. The van der Waals surface area contributed by atoms with E-state index in [0.717, 1.165) is 52.4 Å². The van der Waals surface area contributed by atoms with Crippen LogP contribution in [-0.2, 0) is 50.5 Å². The average Bonchev–Trinajstić information content (AvgIpc) is 3.07. The summed E-state index contributed by atoms with van der Waals surface area (Å²) in [5.74, 6) is 0. The maximum Gasteiger partial charge on any atom is 0.0162 e. The number of rotatable bonds is 72. The molecule has 0 saturated carbocycles. The summed E-state index contributed by atoms with van der Waals surface area (Å²) in [5, 5.41) is 0. The number of thiocarbonyl (C=S) groups is 4. The van der Waals surface area contributed by atoms with E-state index < -0.39 is 0 Å². The minimum absolute atomic E-state index is 0. The van der Waals surface area contributed by atoms with Crippen molar-refractivity contribution in [2.75, 3.05) is 52.4 Å². The second-order valence-corrected chi connectivity index (χ2v) is 32.9. The molecule has 0 N–H and O–H groups in total. The van der Waals surface area contributed by atoms with Crippen LogP contribution < -0.4 is 0 Å². The fraction of sp³-hybridized carbons (Fsp3) is 0.952. The van der Waals surface area contributed by atoms with Gasteiger partial charge in [0.25, 0.3) is 0 Å². The van der Waals surface area contributed by atoms with Crippen molar-refractivity contribution in [3.63, 3.8) is 0 Å². The van der Waals surface area contributed by atoms with Crippen molar-refractivity contribution in [1.29, 1.82) is 0 Å². The van der Waals surface area contributed by atoms with Crippen LogP contribution in [0.15, 0.2) is 0 Å². The summed E-state index contributed by atoms with van der Waals surface area (Å²) in [6.07, 6.45) is 87.4. The van der Waals surface area contributed by atoms with Crippen molar-refractivity contribution in [1.82, 2.24) is 19.6 Å². The van der Waals surface area contributed by atoms with Crippen LogP contribution in [-0.4, -0.2) is 117 Å². The summed E-state index contributed by atoms with van der Waals surface area (Å²) in [7, 11) is 0. The smallest absolute Gasteiger partial charge is 0.0162 e. The van der Waals surface area contributed by atoms with Crippen LogP contribution in [0.2, 0.25) is 0 Å². The van der Waals surface area contributed by atoms with Crippen LogP contribution >= 0.6 is 48.9 Å². The first-order valence-electron chi connectivity index (χ1n) is 42.7. The molecular formula is C84H168N4PbS8-4. The van der Waals surface area contributed by atoms with Crippen LogP contribution in [0.1, 0.15) is 466 Å². The maximum atomic E-state index is 5.25. The van der Waals surface area contributed by atoms with Gasteiger partial charge >= 0.3 is 0 Å². The summed E-state index contributed by atoms with van der Waals surface area (Å²) in [6, 6.07) is 0. The van der Waals surface area contributed by atoms with Gasteiger partial charge in [-0.3, -0.25) is 0 Å². The fourth-order valence-electron chi connectivity index (χ4n) is 12.7. The normalized spacial score (nSPS) is 10.8. The summed E-state index contributed by atoms with van der Waals surface area (Å²) < 4.78 is 2.73. The van der Waals surface area contributed by atoms with E-state index in [9.17, 15) is 0 Å². The molecule has 580 valence electrons. The molecular weight excluding hydrogens is 1530 g/mol. The summed E-state index contributed by atoms with van der Waals surface area (Å²) in [5.41, 5.74) is 0. The van der Waals surface area contributed by atoms with Crippen molar-refractivity contribution in [3.05, 3.63) is 0 Å². The Morgan fingerprint density at radius 1 is 0.155 bits per heavy atom. The Kier molecular flexibility index (Phi) is 105. The number of unbranched alkanes of at least 4 members (excludes halogenated alkanes) is 56. The number of hydrogen-bond acceptors (Lipinski definition) is 8. The molecule has 0 aliphatic heterocycles. The Morgan fingerprint density at radius 3 is 0.299 bits per heavy atom. The molecule has 4 radical (unpaired) electrons. The zero-order valence-corrected chi connectivity index (χ0v) is 76.9. The van der Waals surface area contributed by atoms with E-state index in [1.54, 1.807) is 0 Å². The minimum Gasteiger partial charge on any atom is -0.411 e. The Balaban J connectivity index is -0.000000386. The molecule has 0 amide bonds. The van der Waals surface area contributed by atoms with Gasteiger partial charge in [0.15, 0.2) is 0 Å². The zero-order chi connectivity index (χ0) is 71.5. The van der Waals surface area contributed by atoms with Crippen LogP contribution in [0.3, 0.4) is 0 Å². The van der Waals surface area contributed by atoms with Gasteiger partial charge in [-0.15, -0.1) is 0 Å². The van der Waals surface area contributed by atoms with Gasteiger partial charge in [-0.2, -0.15) is 0 Å². The molecule has 13 heteroatoms. The molecule has 0 aliphatic rings. The van der Waals surface area contributed by atoms with Gasteiger partial charge in [-0.1, -0.05) is 432 Å². The molecule has 0 fully saturated rings. The molecule has 0 saturated heterocycles. The molecule has 0 aromatic heterocycles. The monoisotopic (exact) mass is 1700 g/mol. The molecule has 0 aromatic rings. The molecule has 4 nitrogen and oxygen atoms in total. The van der Waals surface area contributed by atoms with Gasteiger partial charge in [0.2, 0.25) is 0 Å². The van der Waals surface area contributed by atoms with Crippen molar-refractivity contribution in [2.45, 2.75) is 466 Å². The largest absolute Gasteiger partial charge is 0.411 e. The predicted octanol–water partition coefficient (Wildman–Crippen LogP) is 29.2. The van der Waals surface area contributed by atoms with Crippen LogP contribution in [0.25, 0.3) is 0 Å². The molecule has 97 heavy (non-hydrogen) atoms. The van der Waals surface area contributed by atoms with E-state index in [1.165, 1.54) is 411 Å².